The fourth-order valence-corrected chi connectivity index (χ4v) is 6.33. The smallest absolute Gasteiger partial charge is 0.255 e. The maximum atomic E-state index is 13.9. The van der Waals surface area contributed by atoms with Crippen LogP contribution in [-0.2, 0) is 27.2 Å². The normalized spacial score (nSPS) is 26.8. The van der Waals surface area contributed by atoms with E-state index in [9.17, 15) is 34.8 Å². The molecule has 5 rings (SSSR count). The zero-order valence-corrected chi connectivity index (χ0v) is 21.2. The van der Waals surface area contributed by atoms with Gasteiger partial charge in [-0.15, -0.1) is 0 Å². The van der Waals surface area contributed by atoms with Gasteiger partial charge >= 0.3 is 0 Å². The number of aryl methyl sites for hydroxylation is 1. The Labute approximate surface area is 218 Å². The first-order valence-corrected chi connectivity index (χ1v) is 12.4. The van der Waals surface area contributed by atoms with Crippen molar-refractivity contribution in [3.63, 3.8) is 0 Å². The van der Waals surface area contributed by atoms with Gasteiger partial charge in [-0.05, 0) is 74.7 Å². The van der Waals surface area contributed by atoms with Crippen molar-refractivity contribution in [3.8, 4) is 17.0 Å². The molecule has 3 aliphatic carbocycles. The number of pyridine rings is 1. The first kappa shape index (κ1) is 25.6. The van der Waals surface area contributed by atoms with Crippen LogP contribution < -0.4 is 5.73 Å². The fourth-order valence-electron chi connectivity index (χ4n) is 6.33. The van der Waals surface area contributed by atoms with Crippen LogP contribution in [0.5, 0.6) is 5.75 Å². The molecule has 3 aliphatic rings. The molecule has 10 heteroatoms. The van der Waals surface area contributed by atoms with Gasteiger partial charge in [0.15, 0.2) is 11.4 Å². The molecule has 1 saturated carbocycles. The monoisotopic (exact) mass is 519 g/mol. The number of hydrogen-bond acceptors (Lipinski definition) is 9. The summed E-state index contributed by atoms with van der Waals surface area (Å²) >= 11 is 0. The van der Waals surface area contributed by atoms with Gasteiger partial charge in [-0.2, -0.15) is 0 Å². The molecule has 6 N–H and O–H groups in total. The topological polar surface area (TPSA) is 174 Å². The summed E-state index contributed by atoms with van der Waals surface area (Å²) in [5.41, 5.74) is 4.67. The molecule has 38 heavy (non-hydrogen) atoms. The van der Waals surface area contributed by atoms with Crippen molar-refractivity contribution >= 4 is 23.2 Å². The van der Waals surface area contributed by atoms with Crippen LogP contribution in [0.2, 0.25) is 0 Å². The summed E-state index contributed by atoms with van der Waals surface area (Å²) in [5.74, 6) is -6.74. The standard InChI is InChI=1S/C28H29N3O7/c1-4-12-7-8-30-17(9-12)14-5-6-18(32)20-15(14)10-13-11-16-22(31(2)3)24(34)21(27(29)37)26(36)28(16,38)25(35)19(13)23(20)33/h5-9,13,16,22,32-33,36,38H,4,10-11H2,1-3H3,(H2,29,37)/t13-,16+,22+,28+/m1/s1. The first-order chi connectivity index (χ1) is 17.9. The van der Waals surface area contributed by atoms with Gasteiger partial charge in [-0.25, -0.2) is 0 Å². The Morgan fingerprint density at radius 2 is 1.89 bits per heavy atom. The van der Waals surface area contributed by atoms with E-state index >= 15 is 0 Å². The van der Waals surface area contributed by atoms with Gasteiger partial charge in [-0.1, -0.05) is 6.92 Å². The van der Waals surface area contributed by atoms with Gasteiger partial charge < -0.3 is 26.2 Å². The van der Waals surface area contributed by atoms with Crippen molar-refractivity contribution in [1.82, 2.24) is 9.88 Å². The lowest BCUT2D eigenvalue weighted by Gasteiger charge is -2.50. The highest BCUT2D eigenvalue weighted by Gasteiger charge is 2.64. The second-order valence-corrected chi connectivity index (χ2v) is 10.4. The lowest BCUT2D eigenvalue weighted by molar-refractivity contribution is -0.153. The third-order valence-electron chi connectivity index (χ3n) is 8.11. The van der Waals surface area contributed by atoms with Gasteiger partial charge in [0, 0.05) is 23.3 Å². The number of aliphatic hydroxyl groups is 3. The highest BCUT2D eigenvalue weighted by atomic mass is 16.3. The van der Waals surface area contributed by atoms with Gasteiger partial charge in [-0.3, -0.25) is 24.3 Å². The molecule has 0 spiro atoms. The largest absolute Gasteiger partial charge is 0.508 e. The van der Waals surface area contributed by atoms with Gasteiger partial charge in [0.25, 0.3) is 5.91 Å². The van der Waals surface area contributed by atoms with E-state index in [1.165, 1.54) is 11.0 Å². The minimum atomic E-state index is -2.66. The predicted molar refractivity (Wildman–Crippen MR) is 137 cm³/mol. The van der Waals surface area contributed by atoms with E-state index in [0.717, 1.165) is 12.0 Å². The maximum absolute atomic E-state index is 13.9. The van der Waals surface area contributed by atoms with Crippen LogP contribution in [0.15, 0.2) is 47.4 Å². The first-order valence-electron chi connectivity index (χ1n) is 12.4. The second-order valence-electron chi connectivity index (χ2n) is 10.4. The Morgan fingerprint density at radius 1 is 1.18 bits per heavy atom. The SMILES string of the molecule is CCc1ccnc(-c2ccc(O)c3c2C[C@@H]2C[C@H]4[C@H](N(C)C)C(=O)C(C(N)=O)=C(O)[C@@]4(O)C(=O)C2=C3O)c1. The minimum absolute atomic E-state index is 0.0310. The molecule has 0 radical (unpaired) electrons. The number of carbonyl (C=O) groups excluding carboxylic acids is 3. The molecule has 1 amide bonds. The number of hydrogen-bond donors (Lipinski definition) is 5. The molecule has 0 saturated heterocycles. The number of aromatic nitrogens is 1. The summed E-state index contributed by atoms with van der Waals surface area (Å²) in [6.07, 6.45) is 2.70. The molecular weight excluding hydrogens is 490 g/mol. The molecule has 1 heterocycles. The van der Waals surface area contributed by atoms with Gasteiger partial charge in [0.05, 0.1) is 17.3 Å². The molecule has 0 aliphatic heterocycles. The number of rotatable bonds is 4. The number of likely N-dealkylation sites (N-methyl/N-ethyl adjacent to an activating group) is 1. The molecule has 2 aromatic rings. The highest BCUT2D eigenvalue weighted by Crippen LogP contribution is 2.53. The van der Waals surface area contributed by atoms with E-state index < -0.39 is 58.0 Å². The summed E-state index contributed by atoms with van der Waals surface area (Å²) in [4.78, 5) is 45.1. The number of nitrogens with two attached hydrogens (primary N) is 1. The van der Waals surface area contributed by atoms with Crippen LogP contribution in [-0.4, -0.2) is 73.5 Å². The number of phenolic OH excluding ortho intramolecular Hbond substituents is 1. The molecule has 10 nitrogen and oxygen atoms in total. The number of carbonyl (C=O) groups is 3. The van der Waals surface area contributed by atoms with Crippen molar-refractivity contribution in [2.75, 3.05) is 14.1 Å². The Morgan fingerprint density at radius 3 is 2.53 bits per heavy atom. The zero-order valence-electron chi connectivity index (χ0n) is 21.2. The molecule has 1 fully saturated rings. The van der Waals surface area contributed by atoms with E-state index in [1.54, 1.807) is 26.4 Å². The van der Waals surface area contributed by atoms with E-state index in [2.05, 4.69) is 4.98 Å². The number of phenols is 1. The molecular formula is C28H29N3O7. The number of aromatic hydroxyl groups is 1. The van der Waals surface area contributed by atoms with Crippen molar-refractivity contribution in [2.24, 2.45) is 17.6 Å². The quantitative estimate of drug-likeness (QED) is 0.376. The summed E-state index contributed by atoms with van der Waals surface area (Å²) in [7, 11) is 3.13. The van der Waals surface area contributed by atoms with Crippen molar-refractivity contribution in [3.05, 3.63) is 64.1 Å². The highest BCUT2D eigenvalue weighted by molar-refractivity contribution is 6.24. The maximum Gasteiger partial charge on any atom is 0.255 e. The Balaban J connectivity index is 1.73. The lowest BCUT2D eigenvalue weighted by atomic mass is 9.57. The molecule has 4 atom stereocenters. The molecule has 1 aromatic heterocycles. The number of Topliss-reactive ketones (excluding diaryl/α,β-unsaturated/α-hetero) is 2. The van der Waals surface area contributed by atoms with Crippen molar-refractivity contribution < 1.29 is 34.8 Å². The van der Waals surface area contributed by atoms with Crippen molar-refractivity contribution in [2.45, 2.75) is 37.8 Å². The number of aliphatic hydroxyl groups excluding tert-OH is 2. The molecule has 0 bridgehead atoms. The van der Waals surface area contributed by atoms with Crippen LogP contribution in [0.25, 0.3) is 17.0 Å². The van der Waals surface area contributed by atoms with Crippen molar-refractivity contribution in [1.29, 1.82) is 0 Å². The van der Waals surface area contributed by atoms with Gasteiger partial charge in [0.2, 0.25) is 5.78 Å². The minimum Gasteiger partial charge on any atom is -0.508 e. The predicted octanol–water partition coefficient (Wildman–Crippen LogP) is 1.59. The van der Waals surface area contributed by atoms with Crippen LogP contribution >= 0.6 is 0 Å². The number of fused-ring (bicyclic) bond motifs is 3. The number of primary amides is 1. The van der Waals surface area contributed by atoms with Gasteiger partial charge in [0.1, 0.15) is 22.8 Å². The van der Waals surface area contributed by atoms with E-state index in [1.807, 2.05) is 19.1 Å². The van der Waals surface area contributed by atoms with Crippen LogP contribution in [0.4, 0.5) is 0 Å². The summed E-state index contributed by atoms with van der Waals surface area (Å²) in [5, 5.41) is 44.7. The fraction of sp³-hybridized carbons (Fsp3) is 0.357. The number of amides is 1. The Kier molecular flexibility index (Phi) is 5.92. The number of benzene rings is 1. The third-order valence-corrected chi connectivity index (χ3v) is 8.11. The number of nitrogens with zero attached hydrogens (tertiary/aromatic N) is 2. The van der Waals surface area contributed by atoms with Crippen LogP contribution in [0, 0.1) is 11.8 Å². The summed E-state index contributed by atoms with van der Waals surface area (Å²) in [6, 6.07) is 5.80. The van der Waals surface area contributed by atoms with E-state index in [0.29, 0.717) is 16.8 Å². The van der Waals surface area contributed by atoms with Crippen LogP contribution in [0.3, 0.4) is 0 Å². The zero-order chi connectivity index (χ0) is 27.7. The third kappa shape index (κ3) is 3.40. The Hall–Kier alpha value is -4.02. The summed E-state index contributed by atoms with van der Waals surface area (Å²) < 4.78 is 0. The van der Waals surface area contributed by atoms with Crippen LogP contribution in [0.1, 0.15) is 30.0 Å². The second kappa shape index (κ2) is 8.78. The lowest BCUT2D eigenvalue weighted by Crippen LogP contribution is -2.65. The molecule has 0 unspecified atom stereocenters. The molecule has 198 valence electrons. The number of ketones is 2. The van der Waals surface area contributed by atoms with E-state index in [-0.39, 0.29) is 29.7 Å². The average molecular weight is 520 g/mol. The molecule has 1 aromatic carbocycles. The average Bonchev–Trinajstić information content (AvgIpc) is 2.86. The van der Waals surface area contributed by atoms with E-state index in [4.69, 9.17) is 5.73 Å². The Bertz CT molecular complexity index is 1470. The summed E-state index contributed by atoms with van der Waals surface area (Å²) in [6.45, 7) is 2.02.